The van der Waals surface area contributed by atoms with Gasteiger partial charge in [-0.1, -0.05) is 60.7 Å². The Hall–Kier alpha value is -4.06. The van der Waals surface area contributed by atoms with Crippen LogP contribution in [0, 0.1) is 0 Å². The second kappa shape index (κ2) is 8.13. The van der Waals surface area contributed by atoms with Gasteiger partial charge in [0.1, 0.15) is 0 Å². The van der Waals surface area contributed by atoms with Gasteiger partial charge in [0.05, 0.1) is 36.7 Å². The molecule has 0 atom stereocenters. The number of nitrogens with one attached hydrogen (secondary N) is 2. The van der Waals surface area contributed by atoms with E-state index in [0.29, 0.717) is 33.6 Å². The van der Waals surface area contributed by atoms with E-state index in [-0.39, 0.29) is 0 Å². The van der Waals surface area contributed by atoms with Gasteiger partial charge in [0.25, 0.3) is 0 Å². The predicted octanol–water partition coefficient (Wildman–Crippen LogP) is 4.92. The van der Waals surface area contributed by atoms with Crippen LogP contribution in [0.3, 0.4) is 0 Å². The summed E-state index contributed by atoms with van der Waals surface area (Å²) in [5.74, 6) is -1.01. The minimum atomic E-state index is -0.503. The van der Waals surface area contributed by atoms with Crippen LogP contribution in [0.2, 0.25) is 0 Å². The number of H-pyrrole nitrogens is 2. The van der Waals surface area contributed by atoms with E-state index in [4.69, 9.17) is 9.47 Å². The quantitative estimate of drug-likeness (QED) is 0.466. The van der Waals surface area contributed by atoms with Crippen LogP contribution in [0.4, 0.5) is 0 Å². The molecule has 30 heavy (non-hydrogen) atoms. The van der Waals surface area contributed by atoms with E-state index in [9.17, 15) is 9.59 Å². The van der Waals surface area contributed by atoms with Gasteiger partial charge in [0.15, 0.2) is 0 Å². The first-order chi connectivity index (χ1) is 14.7. The molecule has 0 aliphatic carbocycles. The average molecular weight is 400 g/mol. The maximum Gasteiger partial charge on any atom is 0.340 e. The fraction of sp³-hybridized carbons (Fsp3) is 0.0833. The Balaban J connectivity index is 1.95. The summed E-state index contributed by atoms with van der Waals surface area (Å²) in [4.78, 5) is 31.7. The lowest BCUT2D eigenvalue weighted by atomic mass is 9.98. The topological polar surface area (TPSA) is 84.2 Å². The van der Waals surface area contributed by atoms with Crippen LogP contribution >= 0.6 is 0 Å². The molecular formula is C24H20N2O4. The fourth-order valence-corrected chi connectivity index (χ4v) is 3.56. The number of carbonyl (C=O) groups excluding carboxylic acids is 2. The number of methoxy groups -OCH3 is 2. The maximum atomic E-state index is 12.7. The number of rotatable bonds is 5. The second-order valence-corrected chi connectivity index (χ2v) is 6.62. The Morgan fingerprint density at radius 1 is 0.633 bits per heavy atom. The molecular weight excluding hydrogens is 380 g/mol. The van der Waals surface area contributed by atoms with Crippen LogP contribution < -0.4 is 0 Å². The predicted molar refractivity (Wildman–Crippen MR) is 114 cm³/mol. The monoisotopic (exact) mass is 400 g/mol. The third-order valence-corrected chi connectivity index (χ3v) is 4.96. The molecule has 0 spiro atoms. The Labute approximate surface area is 173 Å². The van der Waals surface area contributed by atoms with Gasteiger partial charge >= 0.3 is 11.9 Å². The Morgan fingerprint density at radius 2 is 1.00 bits per heavy atom. The van der Waals surface area contributed by atoms with E-state index in [0.717, 1.165) is 11.1 Å². The van der Waals surface area contributed by atoms with E-state index in [2.05, 4.69) is 9.97 Å². The second-order valence-electron chi connectivity index (χ2n) is 6.62. The lowest BCUT2D eigenvalue weighted by Gasteiger charge is -2.08. The number of hydrogen-bond acceptors (Lipinski definition) is 4. The lowest BCUT2D eigenvalue weighted by molar-refractivity contribution is 0.0591. The molecule has 150 valence electrons. The molecule has 2 heterocycles. The highest BCUT2D eigenvalue weighted by molar-refractivity contribution is 6.08. The van der Waals surface area contributed by atoms with Crippen molar-refractivity contribution in [3.05, 3.63) is 84.2 Å². The standard InChI is InChI=1S/C24H20N2O4/c1-29-23(27)19-17(15-9-5-3-6-10-15)13-25-21(19)22-20(24(28)30-2)18(14-26-22)16-11-7-4-8-12-16/h3-14,25-26H,1-2H3. The normalized spacial score (nSPS) is 10.6. The zero-order valence-electron chi connectivity index (χ0n) is 16.6. The molecule has 0 saturated carbocycles. The number of esters is 2. The van der Waals surface area contributed by atoms with E-state index in [1.807, 2.05) is 60.7 Å². The summed E-state index contributed by atoms with van der Waals surface area (Å²) in [7, 11) is 2.67. The third-order valence-electron chi connectivity index (χ3n) is 4.96. The van der Waals surface area contributed by atoms with Gasteiger partial charge in [0.2, 0.25) is 0 Å². The van der Waals surface area contributed by atoms with Crippen molar-refractivity contribution in [1.82, 2.24) is 9.97 Å². The van der Waals surface area contributed by atoms with Gasteiger partial charge in [-0.2, -0.15) is 0 Å². The molecule has 0 unspecified atom stereocenters. The first kappa shape index (κ1) is 19.3. The Bertz CT molecular complexity index is 1090. The average Bonchev–Trinajstić information content (AvgIpc) is 3.43. The van der Waals surface area contributed by atoms with E-state index in [1.165, 1.54) is 14.2 Å². The van der Waals surface area contributed by atoms with Crippen molar-refractivity contribution < 1.29 is 19.1 Å². The van der Waals surface area contributed by atoms with E-state index < -0.39 is 11.9 Å². The summed E-state index contributed by atoms with van der Waals surface area (Å²) in [6.07, 6.45) is 3.47. The van der Waals surface area contributed by atoms with Crippen LogP contribution in [0.15, 0.2) is 73.1 Å². The molecule has 0 bridgehead atoms. The number of benzene rings is 2. The molecule has 6 nitrogen and oxygen atoms in total. The van der Waals surface area contributed by atoms with Crippen LogP contribution in [-0.4, -0.2) is 36.1 Å². The van der Waals surface area contributed by atoms with Crippen molar-refractivity contribution >= 4 is 11.9 Å². The Kier molecular flexibility index (Phi) is 5.22. The number of aromatic nitrogens is 2. The first-order valence-electron chi connectivity index (χ1n) is 9.36. The third kappa shape index (κ3) is 3.28. The molecule has 2 aromatic heterocycles. The Morgan fingerprint density at radius 3 is 1.33 bits per heavy atom. The van der Waals surface area contributed by atoms with Gasteiger partial charge in [-0.05, 0) is 11.1 Å². The lowest BCUT2D eigenvalue weighted by Crippen LogP contribution is -2.07. The van der Waals surface area contributed by atoms with Gasteiger partial charge in [-0.15, -0.1) is 0 Å². The maximum absolute atomic E-state index is 12.7. The summed E-state index contributed by atoms with van der Waals surface area (Å²) < 4.78 is 10.1. The highest BCUT2D eigenvalue weighted by Gasteiger charge is 2.28. The highest BCUT2D eigenvalue weighted by atomic mass is 16.5. The summed E-state index contributed by atoms with van der Waals surface area (Å²) in [6.45, 7) is 0. The van der Waals surface area contributed by atoms with Gasteiger partial charge in [-0.25, -0.2) is 9.59 Å². The van der Waals surface area contributed by atoms with Crippen LogP contribution in [0.25, 0.3) is 33.6 Å². The minimum absolute atomic E-state index is 0.343. The molecule has 2 N–H and O–H groups in total. The van der Waals surface area contributed by atoms with Crippen molar-refractivity contribution in [3.63, 3.8) is 0 Å². The van der Waals surface area contributed by atoms with Crippen molar-refractivity contribution in [2.75, 3.05) is 14.2 Å². The zero-order chi connectivity index (χ0) is 21.1. The van der Waals surface area contributed by atoms with E-state index >= 15 is 0 Å². The van der Waals surface area contributed by atoms with Gasteiger partial charge in [-0.3, -0.25) is 0 Å². The molecule has 4 aromatic rings. The highest BCUT2D eigenvalue weighted by Crippen LogP contribution is 2.37. The smallest absolute Gasteiger partial charge is 0.340 e. The zero-order valence-corrected chi connectivity index (χ0v) is 16.6. The van der Waals surface area contributed by atoms with Gasteiger partial charge < -0.3 is 19.4 Å². The summed E-state index contributed by atoms with van der Waals surface area (Å²) in [5.41, 5.74) is 4.69. The molecule has 4 rings (SSSR count). The molecule has 0 radical (unpaired) electrons. The first-order valence-corrected chi connectivity index (χ1v) is 9.36. The van der Waals surface area contributed by atoms with Crippen molar-refractivity contribution in [3.8, 4) is 33.6 Å². The van der Waals surface area contributed by atoms with Crippen LogP contribution in [-0.2, 0) is 9.47 Å². The fourth-order valence-electron chi connectivity index (χ4n) is 3.56. The summed E-state index contributed by atoms with van der Waals surface area (Å²) in [5, 5.41) is 0. The van der Waals surface area contributed by atoms with Gasteiger partial charge in [0, 0.05) is 23.5 Å². The molecule has 0 fully saturated rings. The van der Waals surface area contributed by atoms with E-state index in [1.54, 1.807) is 12.4 Å². The van der Waals surface area contributed by atoms with Crippen molar-refractivity contribution in [1.29, 1.82) is 0 Å². The number of carbonyl (C=O) groups is 2. The van der Waals surface area contributed by atoms with Crippen molar-refractivity contribution in [2.45, 2.75) is 0 Å². The number of ether oxygens (including phenoxy) is 2. The van der Waals surface area contributed by atoms with Crippen molar-refractivity contribution in [2.24, 2.45) is 0 Å². The summed E-state index contributed by atoms with van der Waals surface area (Å²) in [6, 6.07) is 19.0. The molecule has 0 aliphatic rings. The largest absolute Gasteiger partial charge is 0.465 e. The SMILES string of the molecule is COC(=O)c1c(-c2ccccc2)c[nH]c1-c1[nH]cc(-c2ccccc2)c1C(=O)OC. The molecule has 0 amide bonds. The van der Waals surface area contributed by atoms with Crippen LogP contribution in [0.5, 0.6) is 0 Å². The van der Waals surface area contributed by atoms with Crippen LogP contribution in [0.1, 0.15) is 20.7 Å². The summed E-state index contributed by atoms with van der Waals surface area (Å²) >= 11 is 0. The number of aromatic amines is 2. The molecule has 0 aliphatic heterocycles. The molecule has 6 heteroatoms. The number of hydrogen-bond donors (Lipinski definition) is 2. The molecule has 0 saturated heterocycles. The molecule has 2 aromatic carbocycles. The minimum Gasteiger partial charge on any atom is -0.465 e.